The molecular formula is C9H14ClNO2. The second-order valence-electron chi connectivity index (χ2n) is 3.56. The van der Waals surface area contributed by atoms with E-state index in [-0.39, 0.29) is 6.10 Å². The Morgan fingerprint density at radius 1 is 1.38 bits per heavy atom. The maximum absolute atomic E-state index is 5.69. The first-order chi connectivity index (χ1) is 6.40. The lowest BCUT2D eigenvalue weighted by atomic mass is 9.92. The van der Waals surface area contributed by atoms with Crippen LogP contribution >= 0.6 is 11.6 Å². The van der Waals surface area contributed by atoms with Crippen molar-refractivity contribution in [1.82, 2.24) is 0 Å². The van der Waals surface area contributed by atoms with Gasteiger partial charge in [0.25, 0.3) is 0 Å². The van der Waals surface area contributed by atoms with E-state index >= 15 is 0 Å². The molecule has 2 aliphatic rings. The number of ether oxygens (including phenoxy) is 1. The van der Waals surface area contributed by atoms with Gasteiger partial charge in [-0.15, -0.1) is 11.6 Å². The van der Waals surface area contributed by atoms with E-state index in [1.807, 2.05) is 0 Å². The van der Waals surface area contributed by atoms with Crippen molar-refractivity contribution in [3.8, 4) is 0 Å². The molecule has 2 aliphatic heterocycles. The highest BCUT2D eigenvalue weighted by Gasteiger charge is 2.27. The van der Waals surface area contributed by atoms with Gasteiger partial charge < -0.3 is 9.57 Å². The van der Waals surface area contributed by atoms with Gasteiger partial charge in [0.2, 0.25) is 0 Å². The van der Waals surface area contributed by atoms with Gasteiger partial charge in [-0.3, -0.25) is 0 Å². The van der Waals surface area contributed by atoms with Crippen LogP contribution in [-0.4, -0.2) is 30.9 Å². The highest BCUT2D eigenvalue weighted by Crippen LogP contribution is 2.24. The normalized spacial score (nSPS) is 29.9. The van der Waals surface area contributed by atoms with Crippen molar-refractivity contribution in [1.29, 1.82) is 0 Å². The summed E-state index contributed by atoms with van der Waals surface area (Å²) in [5, 5.41) is 4.09. The van der Waals surface area contributed by atoms with Gasteiger partial charge in [-0.1, -0.05) is 5.16 Å². The molecule has 1 saturated heterocycles. The fourth-order valence-electron chi connectivity index (χ4n) is 1.80. The molecule has 2 heterocycles. The molecule has 4 heteroatoms. The summed E-state index contributed by atoms with van der Waals surface area (Å²) in [7, 11) is 0. The van der Waals surface area contributed by atoms with Crippen LogP contribution in [-0.2, 0) is 9.57 Å². The average molecular weight is 204 g/mol. The molecule has 0 aromatic rings. The second-order valence-corrected chi connectivity index (χ2v) is 3.86. The molecule has 0 N–H and O–H groups in total. The highest BCUT2D eigenvalue weighted by atomic mass is 35.5. The van der Waals surface area contributed by atoms with Gasteiger partial charge in [-0.2, -0.15) is 0 Å². The van der Waals surface area contributed by atoms with Gasteiger partial charge in [-0.05, 0) is 12.8 Å². The van der Waals surface area contributed by atoms with Crippen LogP contribution in [0.25, 0.3) is 0 Å². The van der Waals surface area contributed by atoms with E-state index in [2.05, 4.69) is 5.16 Å². The standard InChI is InChI=1S/C9H14ClNO2/c10-6-8-5-9(11-13-8)7-1-3-12-4-2-7/h7-8H,1-6H2. The highest BCUT2D eigenvalue weighted by molar-refractivity contribution is 6.18. The maximum Gasteiger partial charge on any atom is 0.146 e. The lowest BCUT2D eigenvalue weighted by molar-refractivity contribution is 0.0819. The predicted molar refractivity (Wildman–Crippen MR) is 51.2 cm³/mol. The molecule has 13 heavy (non-hydrogen) atoms. The number of oxime groups is 1. The van der Waals surface area contributed by atoms with Gasteiger partial charge >= 0.3 is 0 Å². The fourth-order valence-corrected chi connectivity index (χ4v) is 1.97. The third-order valence-corrected chi connectivity index (χ3v) is 2.96. The van der Waals surface area contributed by atoms with E-state index in [0.29, 0.717) is 11.8 Å². The summed E-state index contributed by atoms with van der Waals surface area (Å²) in [6, 6.07) is 0. The van der Waals surface area contributed by atoms with Crippen LogP contribution in [0, 0.1) is 5.92 Å². The van der Waals surface area contributed by atoms with Crippen LogP contribution in [0.4, 0.5) is 0 Å². The number of hydrogen-bond donors (Lipinski definition) is 0. The number of nitrogens with zero attached hydrogens (tertiary/aromatic N) is 1. The molecule has 0 bridgehead atoms. The van der Waals surface area contributed by atoms with Crippen LogP contribution in [0.5, 0.6) is 0 Å². The Bertz CT molecular complexity index is 202. The van der Waals surface area contributed by atoms with E-state index in [0.717, 1.165) is 32.5 Å². The van der Waals surface area contributed by atoms with Crippen molar-refractivity contribution < 1.29 is 9.57 Å². The third kappa shape index (κ3) is 2.15. The zero-order valence-corrected chi connectivity index (χ0v) is 8.29. The first kappa shape index (κ1) is 9.28. The monoisotopic (exact) mass is 203 g/mol. The van der Waals surface area contributed by atoms with Gasteiger partial charge in [0.05, 0.1) is 11.6 Å². The van der Waals surface area contributed by atoms with Gasteiger partial charge in [0, 0.05) is 25.6 Å². The largest absolute Gasteiger partial charge is 0.391 e. The number of halogens is 1. The zero-order chi connectivity index (χ0) is 9.10. The zero-order valence-electron chi connectivity index (χ0n) is 7.54. The van der Waals surface area contributed by atoms with Gasteiger partial charge in [0.15, 0.2) is 0 Å². The number of alkyl halides is 1. The van der Waals surface area contributed by atoms with Crippen LogP contribution in [0.3, 0.4) is 0 Å². The molecule has 1 fully saturated rings. The average Bonchev–Trinajstić information content (AvgIpc) is 2.67. The molecule has 0 amide bonds. The van der Waals surface area contributed by atoms with Crippen molar-refractivity contribution in [2.45, 2.75) is 25.4 Å². The van der Waals surface area contributed by atoms with E-state index < -0.39 is 0 Å². The Morgan fingerprint density at radius 3 is 2.77 bits per heavy atom. The molecule has 2 rings (SSSR count). The molecule has 0 spiro atoms. The molecule has 0 aliphatic carbocycles. The smallest absolute Gasteiger partial charge is 0.146 e. The predicted octanol–water partition coefficient (Wildman–Crippen LogP) is 1.80. The van der Waals surface area contributed by atoms with Crippen molar-refractivity contribution in [3.05, 3.63) is 0 Å². The number of hydrogen-bond acceptors (Lipinski definition) is 3. The molecule has 0 radical (unpaired) electrons. The minimum atomic E-state index is 0.111. The van der Waals surface area contributed by atoms with Crippen molar-refractivity contribution in [2.75, 3.05) is 19.1 Å². The Hall–Kier alpha value is -0.280. The Morgan fingerprint density at radius 2 is 2.15 bits per heavy atom. The van der Waals surface area contributed by atoms with Crippen molar-refractivity contribution in [2.24, 2.45) is 11.1 Å². The van der Waals surface area contributed by atoms with Crippen LogP contribution in [0.2, 0.25) is 0 Å². The summed E-state index contributed by atoms with van der Waals surface area (Å²) in [6.07, 6.45) is 3.18. The molecule has 0 aromatic heterocycles. The lowest BCUT2D eigenvalue weighted by Gasteiger charge is -2.20. The van der Waals surface area contributed by atoms with E-state index in [1.165, 1.54) is 5.71 Å². The van der Waals surface area contributed by atoms with Crippen LogP contribution in [0.1, 0.15) is 19.3 Å². The molecule has 3 nitrogen and oxygen atoms in total. The van der Waals surface area contributed by atoms with Crippen molar-refractivity contribution in [3.63, 3.8) is 0 Å². The summed E-state index contributed by atoms with van der Waals surface area (Å²) >= 11 is 5.69. The van der Waals surface area contributed by atoms with E-state index in [4.69, 9.17) is 21.2 Å². The Balaban J connectivity index is 1.87. The van der Waals surface area contributed by atoms with E-state index in [9.17, 15) is 0 Å². The molecule has 0 saturated carbocycles. The van der Waals surface area contributed by atoms with Gasteiger partial charge in [-0.25, -0.2) is 0 Å². The topological polar surface area (TPSA) is 30.8 Å². The second kappa shape index (κ2) is 4.29. The molecule has 1 unspecified atom stereocenters. The molecular weight excluding hydrogens is 190 g/mol. The van der Waals surface area contributed by atoms with Crippen LogP contribution in [0.15, 0.2) is 5.16 Å². The van der Waals surface area contributed by atoms with Crippen molar-refractivity contribution >= 4 is 17.3 Å². The SMILES string of the molecule is ClCC1CC(C2CCOCC2)=NO1. The summed E-state index contributed by atoms with van der Waals surface area (Å²) in [5.74, 6) is 1.11. The minimum Gasteiger partial charge on any atom is -0.391 e. The summed E-state index contributed by atoms with van der Waals surface area (Å²) in [5.41, 5.74) is 1.19. The molecule has 74 valence electrons. The summed E-state index contributed by atoms with van der Waals surface area (Å²) in [4.78, 5) is 5.18. The Kier molecular flexibility index (Phi) is 3.06. The lowest BCUT2D eigenvalue weighted by Crippen LogP contribution is -2.23. The minimum absolute atomic E-state index is 0.111. The Labute approximate surface area is 83.0 Å². The van der Waals surface area contributed by atoms with Crippen LogP contribution < -0.4 is 0 Å². The van der Waals surface area contributed by atoms with E-state index in [1.54, 1.807) is 0 Å². The molecule has 1 atom stereocenters. The first-order valence-electron chi connectivity index (χ1n) is 4.76. The summed E-state index contributed by atoms with van der Waals surface area (Å²) < 4.78 is 5.29. The maximum atomic E-state index is 5.69. The summed E-state index contributed by atoms with van der Waals surface area (Å²) in [6.45, 7) is 1.71. The fraction of sp³-hybridized carbons (Fsp3) is 0.889. The molecule has 0 aromatic carbocycles. The number of rotatable bonds is 2. The quantitative estimate of drug-likeness (QED) is 0.641. The van der Waals surface area contributed by atoms with Gasteiger partial charge in [0.1, 0.15) is 6.10 Å². The first-order valence-corrected chi connectivity index (χ1v) is 5.30. The third-order valence-electron chi connectivity index (χ3n) is 2.62.